The number of ketones is 2. The number of aliphatic hydroxyl groups is 1. The van der Waals surface area contributed by atoms with E-state index in [1.54, 1.807) is 19.1 Å². The number of aliphatic carboxylic acids is 1. The predicted octanol–water partition coefficient (Wildman–Crippen LogP) is 2.82. The van der Waals surface area contributed by atoms with E-state index < -0.39 is 115 Å². The van der Waals surface area contributed by atoms with Crippen molar-refractivity contribution in [1.29, 1.82) is 0 Å². The molecule has 1 aliphatic heterocycles. The van der Waals surface area contributed by atoms with Gasteiger partial charge < -0.3 is 21.1 Å². The van der Waals surface area contributed by atoms with E-state index >= 15 is 8.78 Å². The van der Waals surface area contributed by atoms with Crippen molar-refractivity contribution in [3.8, 4) is 0 Å². The Morgan fingerprint density at radius 3 is 2.35 bits per heavy atom. The molecule has 6 aliphatic rings. The first kappa shape index (κ1) is 49.3. The average Bonchev–Trinajstić information content (AvgIpc) is 3.75. The van der Waals surface area contributed by atoms with Crippen molar-refractivity contribution in [3.63, 3.8) is 0 Å². The molecule has 5 fully saturated rings. The van der Waals surface area contributed by atoms with Gasteiger partial charge in [0.15, 0.2) is 0 Å². The number of allylic oxidation sites excluding steroid dienone is 4. The average molecular weight is 1000 g/mol. The number of alkyl halides is 3. The van der Waals surface area contributed by atoms with Crippen molar-refractivity contribution < 1.29 is 76.4 Å². The Hall–Kier alpha value is -3.59. The SMILES string of the molecule is C[C@]12C=CC(=O)C=C1[C@@H](F)C[C@H]1[C@@H]3C[C@H]4O[C@@H](c5ccc(CC6CCC(NC(=O)[C@H](CCC(=O)O)NC(=O)CNC(=O)CBr)CC6)cc5)O[C@@]4(C(=O)CO[PH](O)(O)O)[C@@]3(C)C[C@H](O)[C@@]12F. The summed E-state index contributed by atoms with van der Waals surface area (Å²) in [5.41, 5.74) is -5.99. The molecule has 11 atom stereocenters. The maximum absolute atomic E-state index is 17.9. The van der Waals surface area contributed by atoms with Gasteiger partial charge in [-0.25, -0.2) is 0 Å². The molecular weight excluding hydrogens is 943 g/mol. The first-order valence-corrected chi connectivity index (χ1v) is 24.8. The van der Waals surface area contributed by atoms with Crippen LogP contribution in [0.15, 0.2) is 48.1 Å². The van der Waals surface area contributed by atoms with Crippen LogP contribution in [0.4, 0.5) is 8.78 Å². The number of halogens is 3. The van der Waals surface area contributed by atoms with E-state index in [-0.39, 0.29) is 61.5 Å². The minimum atomic E-state index is -5.20. The predicted molar refractivity (Wildman–Crippen MR) is 231 cm³/mol. The summed E-state index contributed by atoms with van der Waals surface area (Å²) < 4.78 is 51.9. The zero-order valence-electron chi connectivity index (χ0n) is 36.0. The van der Waals surface area contributed by atoms with E-state index in [4.69, 9.17) is 14.0 Å². The molecule has 17 nitrogen and oxygen atoms in total. The number of Topliss-reactive ketones (excluding diaryl/α,β-unsaturated/α-hetero) is 1. The van der Waals surface area contributed by atoms with Crippen molar-refractivity contribution in [3.05, 3.63) is 59.2 Å². The van der Waals surface area contributed by atoms with Crippen molar-refractivity contribution in [1.82, 2.24) is 16.0 Å². The summed E-state index contributed by atoms with van der Waals surface area (Å²) in [6, 6.07) is 6.06. The standard InChI is InChI=1S/C44H57BrF2N3O14P/c1-41-14-13-27(51)16-30(41)31(46)17-29-28-18-35-44(34(53)22-62-65(59,60)61,42(28,2)19-33(52)43(29,41)47)64-40(63-35)25-7-3-23(4-8-25)15-24-5-9-26(10-6-24)49-39(58)32(11-12-38(56)57)50-37(55)21-48-36(54)20-45/h3-4,7-8,13-14,16,24,26,28-29,31-33,35,40,52,59-61,65H,5-6,9-12,15,17-22H2,1-2H3,(H,48,54)(H,49,58)(H,50,55)(H,56,57)/t24?,26?,28-,29-,31-,32-,33-,35+,40+,41-,42-,43-,44+/m0/s1. The number of carbonyl (C=O) groups is 6. The number of carboxylic acid groups (broad SMARTS) is 1. The number of aliphatic hydroxyl groups excluding tert-OH is 1. The molecule has 4 saturated carbocycles. The van der Waals surface area contributed by atoms with Crippen LogP contribution < -0.4 is 16.0 Å². The summed E-state index contributed by atoms with van der Waals surface area (Å²) in [5.74, 6) is -5.67. The van der Waals surface area contributed by atoms with Crippen molar-refractivity contribution in [2.75, 3.05) is 18.5 Å². The first-order valence-electron chi connectivity index (χ1n) is 21.9. The molecule has 8 N–H and O–H groups in total. The third-order valence-electron chi connectivity index (χ3n) is 15.0. The molecule has 1 heterocycles. The fourth-order valence-electron chi connectivity index (χ4n) is 11.8. The molecule has 0 radical (unpaired) electrons. The molecule has 0 bridgehead atoms. The number of fused-ring (bicyclic) bond motifs is 7. The van der Waals surface area contributed by atoms with Gasteiger partial charge >= 0.3 is 243 Å². The number of hydrogen-bond donors (Lipinski definition) is 8. The second-order valence-corrected chi connectivity index (χ2v) is 20.8. The van der Waals surface area contributed by atoms with E-state index in [2.05, 4.69) is 31.9 Å². The van der Waals surface area contributed by atoms with Gasteiger partial charge in [0.2, 0.25) is 17.7 Å². The zero-order chi connectivity index (χ0) is 47.3. The van der Waals surface area contributed by atoms with Gasteiger partial charge in [-0.1, -0.05) is 15.9 Å². The van der Waals surface area contributed by atoms with Gasteiger partial charge in [-0.05, 0) is 32.1 Å². The van der Waals surface area contributed by atoms with Gasteiger partial charge in [-0.15, -0.1) is 0 Å². The number of amides is 3. The van der Waals surface area contributed by atoms with Crippen LogP contribution in [0.1, 0.15) is 89.1 Å². The molecule has 1 aromatic carbocycles. The van der Waals surface area contributed by atoms with E-state index in [9.17, 15) is 53.7 Å². The second kappa shape index (κ2) is 18.8. The molecule has 1 aromatic rings. The summed E-state index contributed by atoms with van der Waals surface area (Å²) >= 11 is 2.98. The molecular formula is C44H57BrF2N3O14P. The maximum atomic E-state index is 17.9. The summed E-state index contributed by atoms with van der Waals surface area (Å²) in [5, 5.41) is 28.9. The molecule has 358 valence electrons. The van der Waals surface area contributed by atoms with Crippen LogP contribution in [0.3, 0.4) is 0 Å². The van der Waals surface area contributed by atoms with Crippen LogP contribution in [0.5, 0.6) is 0 Å². The Balaban J connectivity index is 1.01. The van der Waals surface area contributed by atoms with Crippen LogP contribution in [0, 0.1) is 28.6 Å². The Bertz CT molecular complexity index is 2120. The van der Waals surface area contributed by atoms with Crippen LogP contribution in [0.2, 0.25) is 0 Å². The Morgan fingerprint density at radius 1 is 1.02 bits per heavy atom. The van der Waals surface area contributed by atoms with Crippen LogP contribution in [-0.4, -0.2) is 120 Å². The number of carboxylic acids is 1. The van der Waals surface area contributed by atoms with E-state index in [1.807, 2.05) is 12.1 Å². The van der Waals surface area contributed by atoms with Gasteiger partial charge in [0.05, 0.1) is 11.9 Å². The normalized spacial score (nSPS) is 36.8. The molecule has 5 aliphatic carbocycles. The molecule has 1 saturated heterocycles. The summed E-state index contributed by atoms with van der Waals surface area (Å²) in [4.78, 5) is 104. The zero-order valence-corrected chi connectivity index (χ0v) is 38.6. The molecule has 21 heteroatoms. The number of carbonyl (C=O) groups excluding carboxylic acids is 5. The third kappa shape index (κ3) is 9.36. The Kier molecular flexibility index (Phi) is 14.3. The molecule has 0 aromatic heterocycles. The third-order valence-corrected chi connectivity index (χ3v) is 16.1. The van der Waals surface area contributed by atoms with Crippen molar-refractivity contribution >= 4 is 59.4 Å². The van der Waals surface area contributed by atoms with Crippen LogP contribution in [-0.2, 0) is 49.2 Å². The van der Waals surface area contributed by atoms with E-state index in [0.717, 1.165) is 24.5 Å². The Labute approximate surface area is 382 Å². The van der Waals surface area contributed by atoms with Crippen molar-refractivity contribution in [2.45, 2.75) is 126 Å². The van der Waals surface area contributed by atoms with Crippen LogP contribution >= 0.6 is 24.1 Å². The van der Waals surface area contributed by atoms with Gasteiger partial charge in [0, 0.05) is 12.5 Å². The monoisotopic (exact) mass is 999 g/mol. The van der Waals surface area contributed by atoms with E-state index in [0.29, 0.717) is 24.8 Å². The molecule has 3 amide bonds. The molecule has 0 unspecified atom stereocenters. The van der Waals surface area contributed by atoms with Gasteiger partial charge in [0.25, 0.3) is 0 Å². The molecule has 7 rings (SSSR count). The van der Waals surface area contributed by atoms with Gasteiger partial charge in [-0.3, -0.25) is 24.0 Å². The number of ether oxygens (including phenoxy) is 2. The number of benzene rings is 1. The summed E-state index contributed by atoms with van der Waals surface area (Å²) in [6.07, 6.45) is 0.242. The number of hydrogen-bond acceptors (Lipinski definition) is 13. The topological polar surface area (TPSA) is 267 Å². The van der Waals surface area contributed by atoms with E-state index in [1.165, 1.54) is 19.1 Å². The first-order chi connectivity index (χ1) is 30.5. The number of rotatable bonds is 16. The summed E-state index contributed by atoms with van der Waals surface area (Å²) in [6.45, 7) is 1.75. The van der Waals surface area contributed by atoms with Crippen LogP contribution in [0.25, 0.3) is 0 Å². The fraction of sp³-hybridized carbons (Fsp3) is 0.636. The van der Waals surface area contributed by atoms with Gasteiger partial charge in [-0.2, -0.15) is 0 Å². The second-order valence-electron chi connectivity index (χ2n) is 18.8. The van der Waals surface area contributed by atoms with Crippen molar-refractivity contribution in [2.24, 2.45) is 28.6 Å². The Morgan fingerprint density at radius 2 is 1.71 bits per heavy atom. The summed E-state index contributed by atoms with van der Waals surface area (Å²) in [7, 11) is -5.20. The molecule has 65 heavy (non-hydrogen) atoms. The number of nitrogens with one attached hydrogen (secondary N) is 3. The molecule has 0 spiro atoms. The van der Waals surface area contributed by atoms with Gasteiger partial charge in [0.1, 0.15) is 6.04 Å². The quantitative estimate of drug-likeness (QED) is 0.0875. The fourth-order valence-corrected chi connectivity index (χ4v) is 12.4. The minimum absolute atomic E-state index is 0.00826.